The smallest absolute Gasteiger partial charge is 0.311 e. The predicted octanol–water partition coefficient (Wildman–Crippen LogP) is 0.971. The number of rotatable bonds is 2. The molecule has 0 bridgehead atoms. The number of halogens is 3. The maximum Gasteiger partial charge on any atom is 0.417 e. The molecule has 1 heterocycles. The molecular weight excluding hydrogens is 323 g/mol. The summed E-state index contributed by atoms with van der Waals surface area (Å²) in [5, 5.41) is 12.5. The van der Waals surface area contributed by atoms with Gasteiger partial charge in [-0.25, -0.2) is 13.6 Å². The number of hydrogen-bond donors (Lipinski definition) is 1. The van der Waals surface area contributed by atoms with E-state index in [2.05, 4.69) is 0 Å². The molecule has 1 atom stereocenters. The van der Waals surface area contributed by atoms with Crippen LogP contribution in [0.5, 0.6) is 0 Å². The normalized spacial score (nSPS) is 19.3. The minimum Gasteiger partial charge on any atom is -0.311 e. The third-order valence-electron chi connectivity index (χ3n) is 3.29. The van der Waals surface area contributed by atoms with Crippen LogP contribution < -0.4 is 10.0 Å². The summed E-state index contributed by atoms with van der Waals surface area (Å²) >= 11 is 0. The lowest BCUT2D eigenvalue weighted by atomic mass is 10.1. The van der Waals surface area contributed by atoms with E-state index < -0.39 is 38.5 Å². The van der Waals surface area contributed by atoms with Crippen molar-refractivity contribution in [3.8, 4) is 6.07 Å². The SMILES string of the molecule is N#Cc1ccc(N2CC(S(N)(=O)=O)CC2=O)cc1C(F)(F)F. The first kappa shape index (κ1) is 16.3. The number of amides is 1. The number of nitrogens with two attached hydrogens (primary N) is 1. The maximum atomic E-state index is 12.9. The number of primary sulfonamides is 1. The standard InChI is InChI=1S/C12H10F3N3O3S/c13-12(14,15)10-3-8(2-1-7(10)5-16)18-6-9(4-11(18)19)22(17,20)21/h1-3,9H,4,6H2,(H2,17,20,21). The summed E-state index contributed by atoms with van der Waals surface area (Å²) in [6.45, 7) is -0.319. The Bertz CT molecular complexity index is 768. The third kappa shape index (κ3) is 3.05. The van der Waals surface area contributed by atoms with Crippen molar-refractivity contribution in [1.82, 2.24) is 0 Å². The summed E-state index contributed by atoms with van der Waals surface area (Å²) in [5.74, 6) is -0.642. The molecule has 2 N–H and O–H groups in total. The Morgan fingerprint density at radius 3 is 2.45 bits per heavy atom. The minimum atomic E-state index is -4.76. The number of nitrogens with zero attached hydrogens (tertiary/aromatic N) is 2. The first-order valence-corrected chi connectivity index (χ1v) is 7.58. The van der Waals surface area contributed by atoms with Gasteiger partial charge in [0, 0.05) is 18.7 Å². The summed E-state index contributed by atoms with van der Waals surface area (Å²) in [6, 6.07) is 4.18. The second-order valence-corrected chi connectivity index (χ2v) is 6.60. The van der Waals surface area contributed by atoms with Gasteiger partial charge in [0.05, 0.1) is 17.2 Å². The molecule has 22 heavy (non-hydrogen) atoms. The Kier molecular flexibility index (Phi) is 3.88. The molecule has 1 aromatic rings. The summed E-state index contributed by atoms with van der Waals surface area (Å²) in [6.07, 6.45) is -5.15. The zero-order valence-corrected chi connectivity index (χ0v) is 11.8. The van der Waals surface area contributed by atoms with Crippen molar-refractivity contribution >= 4 is 21.6 Å². The molecule has 1 aliphatic heterocycles. The Morgan fingerprint density at radius 1 is 1.36 bits per heavy atom. The van der Waals surface area contributed by atoms with Crippen LogP contribution in [-0.2, 0) is 21.0 Å². The van der Waals surface area contributed by atoms with Gasteiger partial charge in [0.15, 0.2) is 0 Å². The molecule has 0 spiro atoms. The first-order valence-electron chi connectivity index (χ1n) is 5.97. The van der Waals surface area contributed by atoms with Crippen molar-refractivity contribution < 1.29 is 26.4 Å². The number of hydrogen-bond acceptors (Lipinski definition) is 4. The minimum absolute atomic E-state index is 0.123. The van der Waals surface area contributed by atoms with Crippen LogP contribution >= 0.6 is 0 Å². The van der Waals surface area contributed by atoms with Crippen molar-refractivity contribution in [1.29, 1.82) is 5.26 Å². The number of nitriles is 1. The quantitative estimate of drug-likeness (QED) is 0.870. The van der Waals surface area contributed by atoms with Crippen LogP contribution in [0, 0.1) is 11.3 Å². The van der Waals surface area contributed by atoms with Gasteiger partial charge in [-0.05, 0) is 18.2 Å². The van der Waals surface area contributed by atoms with E-state index >= 15 is 0 Å². The highest BCUT2D eigenvalue weighted by Gasteiger charge is 2.39. The van der Waals surface area contributed by atoms with Gasteiger partial charge < -0.3 is 4.90 Å². The van der Waals surface area contributed by atoms with Gasteiger partial charge in [-0.1, -0.05) is 0 Å². The fraction of sp³-hybridized carbons (Fsp3) is 0.333. The molecule has 1 saturated heterocycles. The van der Waals surface area contributed by atoms with Gasteiger partial charge in [-0.3, -0.25) is 4.79 Å². The Labute approximate surface area is 124 Å². The molecule has 10 heteroatoms. The van der Waals surface area contributed by atoms with Crippen LogP contribution in [-0.4, -0.2) is 26.1 Å². The summed E-state index contributed by atoms with van der Waals surface area (Å²) in [5.41, 5.74) is -1.88. The van der Waals surface area contributed by atoms with Crippen molar-refractivity contribution in [2.75, 3.05) is 11.4 Å². The van der Waals surface area contributed by atoms with Gasteiger partial charge in [0.25, 0.3) is 0 Å². The zero-order valence-electron chi connectivity index (χ0n) is 11.0. The number of anilines is 1. The van der Waals surface area contributed by atoms with Crippen LogP contribution in [0.4, 0.5) is 18.9 Å². The number of alkyl halides is 3. The molecule has 1 fully saturated rings. The molecule has 0 aliphatic carbocycles. The lowest BCUT2D eigenvalue weighted by Crippen LogP contribution is -2.32. The average molecular weight is 333 g/mol. The van der Waals surface area contributed by atoms with E-state index in [0.717, 1.165) is 17.0 Å². The molecule has 0 aromatic heterocycles. The number of benzene rings is 1. The fourth-order valence-corrected chi connectivity index (χ4v) is 2.91. The van der Waals surface area contributed by atoms with Crippen LogP contribution in [0.2, 0.25) is 0 Å². The summed E-state index contributed by atoms with van der Waals surface area (Å²) in [7, 11) is -3.96. The molecule has 0 saturated carbocycles. The lowest BCUT2D eigenvalue weighted by Gasteiger charge is -2.18. The lowest BCUT2D eigenvalue weighted by molar-refractivity contribution is -0.137. The molecule has 0 radical (unpaired) electrons. The second-order valence-electron chi connectivity index (χ2n) is 4.76. The van der Waals surface area contributed by atoms with Gasteiger partial charge in [0.1, 0.15) is 5.25 Å². The molecule has 1 amide bonds. The molecule has 1 aromatic carbocycles. The topological polar surface area (TPSA) is 104 Å². The molecule has 2 rings (SSSR count). The van der Waals surface area contributed by atoms with Crippen molar-refractivity contribution in [3.05, 3.63) is 29.3 Å². The fourth-order valence-electron chi connectivity index (χ4n) is 2.18. The predicted molar refractivity (Wildman–Crippen MR) is 70.0 cm³/mol. The Morgan fingerprint density at radius 2 is 2.00 bits per heavy atom. The van der Waals surface area contributed by atoms with E-state index in [9.17, 15) is 26.4 Å². The van der Waals surface area contributed by atoms with Gasteiger partial charge >= 0.3 is 6.18 Å². The van der Waals surface area contributed by atoms with Crippen LogP contribution in [0.15, 0.2) is 18.2 Å². The molecule has 1 unspecified atom stereocenters. The zero-order chi connectivity index (χ0) is 16.7. The van der Waals surface area contributed by atoms with E-state index in [-0.39, 0.29) is 18.7 Å². The highest BCUT2D eigenvalue weighted by Crippen LogP contribution is 2.35. The summed E-state index contributed by atoms with van der Waals surface area (Å²) < 4.78 is 61.2. The Balaban J connectivity index is 2.43. The van der Waals surface area contributed by atoms with E-state index in [0.29, 0.717) is 6.07 Å². The van der Waals surface area contributed by atoms with Crippen LogP contribution in [0.3, 0.4) is 0 Å². The number of sulfonamides is 1. The second kappa shape index (κ2) is 5.26. The number of carbonyl (C=O) groups excluding carboxylic acids is 1. The maximum absolute atomic E-state index is 12.9. The van der Waals surface area contributed by atoms with E-state index in [4.69, 9.17) is 10.4 Å². The van der Waals surface area contributed by atoms with Crippen LogP contribution in [0.1, 0.15) is 17.5 Å². The van der Waals surface area contributed by atoms with E-state index in [1.165, 1.54) is 6.07 Å². The highest BCUT2D eigenvalue weighted by atomic mass is 32.2. The average Bonchev–Trinajstić information content (AvgIpc) is 2.79. The van der Waals surface area contributed by atoms with E-state index in [1.807, 2.05) is 0 Å². The first-order chi connectivity index (χ1) is 10.0. The molecular formula is C12H10F3N3O3S. The highest BCUT2D eigenvalue weighted by molar-refractivity contribution is 7.89. The van der Waals surface area contributed by atoms with Crippen molar-refractivity contribution in [2.24, 2.45) is 5.14 Å². The third-order valence-corrected chi connectivity index (χ3v) is 4.54. The molecule has 6 nitrogen and oxygen atoms in total. The van der Waals surface area contributed by atoms with Gasteiger partial charge in [-0.2, -0.15) is 18.4 Å². The van der Waals surface area contributed by atoms with Crippen LogP contribution in [0.25, 0.3) is 0 Å². The number of carbonyl (C=O) groups is 1. The Hall–Kier alpha value is -2.12. The molecule has 118 valence electrons. The summed E-state index contributed by atoms with van der Waals surface area (Å²) in [4.78, 5) is 12.7. The monoisotopic (exact) mass is 333 g/mol. The largest absolute Gasteiger partial charge is 0.417 e. The van der Waals surface area contributed by atoms with Gasteiger partial charge in [0.2, 0.25) is 15.9 Å². The van der Waals surface area contributed by atoms with Gasteiger partial charge in [-0.15, -0.1) is 0 Å². The molecule has 1 aliphatic rings. The van der Waals surface area contributed by atoms with Crippen molar-refractivity contribution in [3.63, 3.8) is 0 Å². The van der Waals surface area contributed by atoms with E-state index in [1.54, 1.807) is 0 Å². The van der Waals surface area contributed by atoms with Crippen molar-refractivity contribution in [2.45, 2.75) is 17.8 Å².